The summed E-state index contributed by atoms with van der Waals surface area (Å²) in [6, 6.07) is 0.0599. The van der Waals surface area contributed by atoms with Crippen LogP contribution in [0.15, 0.2) is 17.9 Å². The molecule has 2 N–H and O–H groups in total. The number of hydrogen-bond acceptors (Lipinski definition) is 7. The van der Waals surface area contributed by atoms with Crippen molar-refractivity contribution in [2.45, 2.75) is 32.2 Å². The van der Waals surface area contributed by atoms with E-state index in [1.807, 2.05) is 11.8 Å². The summed E-state index contributed by atoms with van der Waals surface area (Å²) < 4.78 is 0. The van der Waals surface area contributed by atoms with Crippen molar-refractivity contribution < 1.29 is 9.59 Å². The smallest absolute Gasteiger partial charge is 0.263 e. The summed E-state index contributed by atoms with van der Waals surface area (Å²) in [4.78, 5) is 39.8. The molecule has 2 amide bonds. The number of aryl methyl sites for hydroxylation is 1. The van der Waals surface area contributed by atoms with Crippen molar-refractivity contribution in [2.75, 3.05) is 25.5 Å². The molecule has 1 aliphatic rings. The summed E-state index contributed by atoms with van der Waals surface area (Å²) in [6.45, 7) is 3.10. The summed E-state index contributed by atoms with van der Waals surface area (Å²) in [5.74, 6) is 0.335. The standard InChI is InChI=1S/C17H22N6O2S/c1-11-14(26-10-21-11)15(24)22-13-4-3-6-23(7-5-13)16(25)12-8-19-17(18-2)20-9-12/h8-10,13H,3-7H2,1-2H3,(H,22,24)(H,18,19,20). The van der Waals surface area contributed by atoms with Gasteiger partial charge in [0.25, 0.3) is 11.8 Å². The molecule has 138 valence electrons. The second-order valence-electron chi connectivity index (χ2n) is 6.21. The van der Waals surface area contributed by atoms with E-state index in [9.17, 15) is 9.59 Å². The highest BCUT2D eigenvalue weighted by Crippen LogP contribution is 2.17. The van der Waals surface area contributed by atoms with E-state index in [2.05, 4.69) is 25.6 Å². The van der Waals surface area contributed by atoms with Gasteiger partial charge in [-0.15, -0.1) is 11.3 Å². The molecule has 0 aromatic carbocycles. The van der Waals surface area contributed by atoms with E-state index < -0.39 is 0 Å². The van der Waals surface area contributed by atoms with Crippen molar-refractivity contribution in [3.8, 4) is 0 Å². The molecule has 26 heavy (non-hydrogen) atoms. The van der Waals surface area contributed by atoms with Crippen LogP contribution < -0.4 is 10.6 Å². The predicted molar refractivity (Wildman–Crippen MR) is 99.4 cm³/mol. The van der Waals surface area contributed by atoms with Crippen LogP contribution in [0.3, 0.4) is 0 Å². The van der Waals surface area contributed by atoms with Crippen molar-refractivity contribution in [3.63, 3.8) is 0 Å². The average molecular weight is 374 g/mol. The van der Waals surface area contributed by atoms with Crippen LogP contribution in [-0.2, 0) is 0 Å². The Bertz CT molecular complexity index is 776. The molecule has 0 bridgehead atoms. The number of carbonyl (C=O) groups excluding carboxylic acids is 2. The van der Waals surface area contributed by atoms with E-state index >= 15 is 0 Å². The molecule has 1 fully saturated rings. The Morgan fingerprint density at radius 3 is 2.62 bits per heavy atom. The summed E-state index contributed by atoms with van der Waals surface area (Å²) in [5, 5.41) is 5.91. The predicted octanol–water partition coefficient (Wildman–Crippen LogP) is 1.71. The van der Waals surface area contributed by atoms with Crippen molar-refractivity contribution >= 4 is 29.1 Å². The van der Waals surface area contributed by atoms with Crippen molar-refractivity contribution in [2.24, 2.45) is 0 Å². The first-order valence-corrected chi connectivity index (χ1v) is 9.46. The Morgan fingerprint density at radius 1 is 1.19 bits per heavy atom. The van der Waals surface area contributed by atoms with Gasteiger partial charge >= 0.3 is 0 Å². The minimum absolute atomic E-state index is 0.0599. The second kappa shape index (κ2) is 8.22. The quantitative estimate of drug-likeness (QED) is 0.845. The first kappa shape index (κ1) is 18.2. The van der Waals surface area contributed by atoms with E-state index in [0.717, 1.165) is 25.0 Å². The third-order valence-corrected chi connectivity index (χ3v) is 5.35. The molecule has 0 aliphatic carbocycles. The van der Waals surface area contributed by atoms with Crippen LogP contribution in [0.2, 0.25) is 0 Å². The molecular weight excluding hydrogens is 352 g/mol. The molecule has 2 aromatic rings. The summed E-state index contributed by atoms with van der Waals surface area (Å²) in [5.41, 5.74) is 2.91. The third kappa shape index (κ3) is 4.16. The van der Waals surface area contributed by atoms with E-state index in [-0.39, 0.29) is 17.9 Å². The number of aromatic nitrogens is 3. The molecule has 2 aromatic heterocycles. The van der Waals surface area contributed by atoms with E-state index in [1.165, 1.54) is 23.7 Å². The van der Waals surface area contributed by atoms with Gasteiger partial charge in [-0.1, -0.05) is 0 Å². The number of rotatable bonds is 4. The molecule has 3 heterocycles. The Morgan fingerprint density at radius 2 is 1.96 bits per heavy atom. The zero-order chi connectivity index (χ0) is 18.5. The maximum absolute atomic E-state index is 12.6. The van der Waals surface area contributed by atoms with Gasteiger partial charge < -0.3 is 15.5 Å². The fraction of sp³-hybridized carbons (Fsp3) is 0.471. The first-order valence-electron chi connectivity index (χ1n) is 8.58. The summed E-state index contributed by atoms with van der Waals surface area (Å²) in [6.07, 6.45) is 5.50. The number of carbonyl (C=O) groups is 2. The van der Waals surface area contributed by atoms with Crippen LogP contribution in [0.25, 0.3) is 0 Å². The first-order chi connectivity index (χ1) is 12.6. The van der Waals surface area contributed by atoms with Crippen LogP contribution in [0, 0.1) is 6.92 Å². The Balaban J connectivity index is 1.58. The third-order valence-electron chi connectivity index (χ3n) is 4.42. The molecule has 0 saturated carbocycles. The maximum Gasteiger partial charge on any atom is 0.263 e. The molecule has 1 aliphatic heterocycles. The maximum atomic E-state index is 12.6. The molecule has 1 atom stereocenters. The van der Waals surface area contributed by atoms with Gasteiger partial charge in [-0.3, -0.25) is 9.59 Å². The fourth-order valence-corrected chi connectivity index (χ4v) is 3.67. The molecule has 3 rings (SSSR count). The average Bonchev–Trinajstić information content (AvgIpc) is 2.96. The fourth-order valence-electron chi connectivity index (χ4n) is 2.96. The topological polar surface area (TPSA) is 100 Å². The lowest BCUT2D eigenvalue weighted by Gasteiger charge is -2.20. The lowest BCUT2D eigenvalue weighted by molar-refractivity contribution is 0.0760. The van der Waals surface area contributed by atoms with Gasteiger partial charge in [-0.2, -0.15) is 0 Å². The van der Waals surface area contributed by atoms with Crippen LogP contribution in [0.1, 0.15) is 45.0 Å². The van der Waals surface area contributed by atoms with E-state index in [4.69, 9.17) is 0 Å². The van der Waals surface area contributed by atoms with Crippen LogP contribution in [0.4, 0.5) is 5.95 Å². The number of anilines is 1. The number of likely N-dealkylation sites (tertiary alicyclic amines) is 1. The monoisotopic (exact) mass is 374 g/mol. The van der Waals surface area contributed by atoms with Crippen molar-refractivity contribution in [1.82, 2.24) is 25.2 Å². The number of nitrogens with one attached hydrogen (secondary N) is 2. The number of amides is 2. The normalized spacial score (nSPS) is 17.5. The highest BCUT2D eigenvalue weighted by Gasteiger charge is 2.24. The second-order valence-corrected chi connectivity index (χ2v) is 7.06. The van der Waals surface area contributed by atoms with Gasteiger partial charge in [0, 0.05) is 38.6 Å². The summed E-state index contributed by atoms with van der Waals surface area (Å²) in [7, 11) is 1.73. The molecule has 8 nitrogen and oxygen atoms in total. The zero-order valence-electron chi connectivity index (χ0n) is 14.9. The van der Waals surface area contributed by atoms with Crippen molar-refractivity contribution in [3.05, 3.63) is 34.0 Å². The van der Waals surface area contributed by atoms with Crippen LogP contribution in [0.5, 0.6) is 0 Å². The lowest BCUT2D eigenvalue weighted by atomic mass is 10.1. The highest BCUT2D eigenvalue weighted by molar-refractivity contribution is 7.11. The lowest BCUT2D eigenvalue weighted by Crippen LogP contribution is -2.36. The number of thiazole rings is 1. The molecule has 1 unspecified atom stereocenters. The van der Waals surface area contributed by atoms with Gasteiger partial charge in [0.2, 0.25) is 5.95 Å². The number of nitrogens with zero attached hydrogens (tertiary/aromatic N) is 4. The Hall–Kier alpha value is -2.55. The van der Waals surface area contributed by atoms with Gasteiger partial charge in [0.1, 0.15) is 4.88 Å². The Labute approximate surface area is 156 Å². The van der Waals surface area contributed by atoms with Crippen LogP contribution >= 0.6 is 11.3 Å². The minimum Gasteiger partial charge on any atom is -0.357 e. The highest BCUT2D eigenvalue weighted by atomic mass is 32.1. The molecule has 1 saturated heterocycles. The largest absolute Gasteiger partial charge is 0.357 e. The SMILES string of the molecule is CNc1ncc(C(=O)N2CCCC(NC(=O)c3scnc3C)CC2)cn1. The molecule has 9 heteroatoms. The Kier molecular flexibility index (Phi) is 5.77. The number of hydrogen-bond donors (Lipinski definition) is 2. The van der Waals surface area contributed by atoms with Gasteiger partial charge in [-0.25, -0.2) is 15.0 Å². The van der Waals surface area contributed by atoms with E-state index in [1.54, 1.807) is 12.6 Å². The summed E-state index contributed by atoms with van der Waals surface area (Å²) >= 11 is 1.35. The molecular formula is C17H22N6O2S. The van der Waals surface area contributed by atoms with E-state index in [0.29, 0.717) is 29.5 Å². The van der Waals surface area contributed by atoms with Crippen molar-refractivity contribution in [1.29, 1.82) is 0 Å². The van der Waals surface area contributed by atoms with Gasteiger partial charge in [0.15, 0.2) is 0 Å². The molecule has 0 radical (unpaired) electrons. The van der Waals surface area contributed by atoms with Crippen LogP contribution in [-0.4, -0.2) is 57.8 Å². The van der Waals surface area contributed by atoms with Gasteiger partial charge in [0.05, 0.1) is 16.8 Å². The minimum atomic E-state index is -0.0779. The van der Waals surface area contributed by atoms with Gasteiger partial charge in [-0.05, 0) is 26.2 Å². The molecule has 0 spiro atoms. The zero-order valence-corrected chi connectivity index (χ0v) is 15.7.